The molecule has 2 unspecified atom stereocenters. The van der Waals surface area contributed by atoms with Crippen molar-refractivity contribution in [3.63, 3.8) is 0 Å². The molecule has 0 aromatic heterocycles. The average molecular weight is 538 g/mol. The van der Waals surface area contributed by atoms with Gasteiger partial charge in [-0.15, -0.1) is 0 Å². The fourth-order valence-electron chi connectivity index (χ4n) is 5.81. The standard InChI is InChI=1S/C31H34F3N3O2/c1-39-28-12-5-7-23(17-28)18-30(38)37-21-25(29(22-37)24-8-6-9-26(19-24)31(32,33)34)20-35-13-15-36(16-14-35)27-10-3-2-4-11-27/h2-12,17,19,25,29H,13-16,18,20-22H2,1H3. The van der Waals surface area contributed by atoms with E-state index < -0.39 is 11.7 Å². The van der Waals surface area contributed by atoms with Crippen LogP contribution in [0.1, 0.15) is 22.6 Å². The van der Waals surface area contributed by atoms with E-state index in [0.29, 0.717) is 24.4 Å². The number of hydrogen-bond donors (Lipinski definition) is 0. The van der Waals surface area contributed by atoms with Gasteiger partial charge in [-0.1, -0.05) is 48.5 Å². The van der Waals surface area contributed by atoms with Crippen molar-refractivity contribution in [2.24, 2.45) is 5.92 Å². The minimum Gasteiger partial charge on any atom is -0.497 e. The van der Waals surface area contributed by atoms with Crippen molar-refractivity contribution in [2.45, 2.75) is 18.5 Å². The third-order valence-corrected chi connectivity index (χ3v) is 7.91. The van der Waals surface area contributed by atoms with Gasteiger partial charge >= 0.3 is 6.18 Å². The Morgan fingerprint density at radius 2 is 1.64 bits per heavy atom. The van der Waals surface area contributed by atoms with Crippen LogP contribution in [0.5, 0.6) is 5.75 Å². The molecule has 3 aromatic carbocycles. The van der Waals surface area contributed by atoms with Crippen LogP contribution in [0.3, 0.4) is 0 Å². The van der Waals surface area contributed by atoms with Gasteiger partial charge in [0.05, 0.1) is 19.1 Å². The first kappa shape index (κ1) is 27.1. The van der Waals surface area contributed by atoms with E-state index in [-0.39, 0.29) is 24.2 Å². The normalized spacial score (nSPS) is 20.3. The van der Waals surface area contributed by atoms with E-state index in [9.17, 15) is 18.0 Å². The zero-order valence-electron chi connectivity index (χ0n) is 22.1. The molecule has 0 radical (unpaired) electrons. The highest BCUT2D eigenvalue weighted by molar-refractivity contribution is 5.79. The fourth-order valence-corrected chi connectivity index (χ4v) is 5.81. The molecule has 3 aromatic rings. The van der Waals surface area contributed by atoms with Crippen LogP contribution in [0.15, 0.2) is 78.9 Å². The lowest BCUT2D eigenvalue weighted by molar-refractivity contribution is -0.137. The third kappa shape index (κ3) is 6.56. The minimum absolute atomic E-state index is 0.0170. The summed E-state index contributed by atoms with van der Waals surface area (Å²) in [7, 11) is 1.59. The molecule has 2 aliphatic heterocycles. The van der Waals surface area contributed by atoms with Gasteiger partial charge in [0.15, 0.2) is 0 Å². The number of benzene rings is 3. The lowest BCUT2D eigenvalue weighted by Gasteiger charge is -2.38. The number of anilines is 1. The van der Waals surface area contributed by atoms with Gasteiger partial charge in [-0.25, -0.2) is 0 Å². The summed E-state index contributed by atoms with van der Waals surface area (Å²) < 4.78 is 45.9. The lowest BCUT2D eigenvalue weighted by atomic mass is 9.87. The van der Waals surface area contributed by atoms with Crippen molar-refractivity contribution in [1.29, 1.82) is 0 Å². The van der Waals surface area contributed by atoms with Crippen molar-refractivity contribution in [3.8, 4) is 5.75 Å². The SMILES string of the molecule is COc1cccc(CC(=O)N2CC(CN3CCN(c4ccccc4)CC3)C(c3cccc(C(F)(F)F)c3)C2)c1. The molecule has 0 aliphatic carbocycles. The summed E-state index contributed by atoms with van der Waals surface area (Å²) in [6.07, 6.45) is -4.17. The first-order valence-corrected chi connectivity index (χ1v) is 13.4. The van der Waals surface area contributed by atoms with E-state index in [2.05, 4.69) is 21.9 Å². The molecular formula is C31H34F3N3O2. The number of methoxy groups -OCH3 is 1. The largest absolute Gasteiger partial charge is 0.497 e. The van der Waals surface area contributed by atoms with Gasteiger partial charge in [0.25, 0.3) is 0 Å². The van der Waals surface area contributed by atoms with Gasteiger partial charge in [-0.05, 0) is 47.4 Å². The van der Waals surface area contributed by atoms with Gasteiger partial charge in [0.2, 0.25) is 5.91 Å². The molecule has 2 aliphatic rings. The van der Waals surface area contributed by atoms with Gasteiger partial charge in [0, 0.05) is 57.4 Å². The second kappa shape index (κ2) is 11.7. The van der Waals surface area contributed by atoms with Crippen LogP contribution in [-0.4, -0.2) is 68.6 Å². The Labute approximate surface area is 227 Å². The average Bonchev–Trinajstić information content (AvgIpc) is 3.37. The number of carbonyl (C=O) groups is 1. The highest BCUT2D eigenvalue weighted by Gasteiger charge is 2.39. The molecule has 2 heterocycles. The molecule has 39 heavy (non-hydrogen) atoms. The Bertz CT molecular complexity index is 1260. The quantitative estimate of drug-likeness (QED) is 0.409. The van der Waals surface area contributed by atoms with Crippen molar-refractivity contribution < 1.29 is 22.7 Å². The molecule has 0 saturated carbocycles. The Morgan fingerprint density at radius 3 is 2.36 bits per heavy atom. The van der Waals surface area contributed by atoms with E-state index in [4.69, 9.17) is 4.74 Å². The number of rotatable bonds is 7. The molecule has 2 fully saturated rings. The number of piperazine rings is 1. The maximum absolute atomic E-state index is 13.5. The highest BCUT2D eigenvalue weighted by Crippen LogP contribution is 2.37. The molecule has 1 amide bonds. The van der Waals surface area contributed by atoms with E-state index in [1.165, 1.54) is 17.8 Å². The summed E-state index contributed by atoms with van der Waals surface area (Å²) >= 11 is 0. The summed E-state index contributed by atoms with van der Waals surface area (Å²) in [6.45, 7) is 5.22. The topological polar surface area (TPSA) is 36.0 Å². The highest BCUT2D eigenvalue weighted by atomic mass is 19.4. The predicted octanol–water partition coefficient (Wildman–Crippen LogP) is 5.32. The van der Waals surface area contributed by atoms with Crippen molar-refractivity contribution >= 4 is 11.6 Å². The van der Waals surface area contributed by atoms with Crippen molar-refractivity contribution in [1.82, 2.24) is 9.80 Å². The van der Waals surface area contributed by atoms with Gasteiger partial charge < -0.3 is 14.5 Å². The third-order valence-electron chi connectivity index (χ3n) is 7.91. The molecule has 0 spiro atoms. The zero-order chi connectivity index (χ0) is 27.4. The maximum Gasteiger partial charge on any atom is 0.416 e. The van der Waals surface area contributed by atoms with Crippen molar-refractivity contribution in [2.75, 3.05) is 57.8 Å². The Morgan fingerprint density at radius 1 is 0.897 bits per heavy atom. The van der Waals surface area contributed by atoms with E-state index >= 15 is 0 Å². The summed E-state index contributed by atoms with van der Waals surface area (Å²) in [5.74, 6) is 0.562. The number of nitrogens with zero attached hydrogens (tertiary/aromatic N) is 3. The van der Waals surface area contributed by atoms with Gasteiger partial charge in [0.1, 0.15) is 5.75 Å². The van der Waals surface area contributed by atoms with E-state index in [1.54, 1.807) is 13.2 Å². The number of hydrogen-bond acceptors (Lipinski definition) is 4. The van der Waals surface area contributed by atoms with Crippen LogP contribution in [0.4, 0.5) is 18.9 Å². The van der Waals surface area contributed by atoms with Crippen LogP contribution in [0.25, 0.3) is 0 Å². The Kier molecular flexibility index (Phi) is 8.12. The molecule has 8 heteroatoms. The first-order valence-electron chi connectivity index (χ1n) is 13.4. The van der Waals surface area contributed by atoms with Gasteiger partial charge in [-0.2, -0.15) is 13.2 Å². The minimum atomic E-state index is -4.40. The second-order valence-electron chi connectivity index (χ2n) is 10.4. The molecule has 5 rings (SSSR count). The molecule has 0 bridgehead atoms. The van der Waals surface area contributed by atoms with Gasteiger partial charge in [-0.3, -0.25) is 9.69 Å². The number of ether oxygens (including phenoxy) is 1. The number of amides is 1. The molecule has 206 valence electrons. The number of para-hydroxylation sites is 1. The van der Waals surface area contributed by atoms with E-state index in [1.807, 2.05) is 47.4 Å². The molecule has 2 saturated heterocycles. The summed E-state index contributed by atoms with van der Waals surface area (Å²) in [5, 5.41) is 0. The van der Waals surface area contributed by atoms with Crippen LogP contribution in [0.2, 0.25) is 0 Å². The van der Waals surface area contributed by atoms with Crippen LogP contribution in [-0.2, 0) is 17.4 Å². The molecule has 0 N–H and O–H groups in total. The molecule has 5 nitrogen and oxygen atoms in total. The summed E-state index contributed by atoms with van der Waals surface area (Å²) in [4.78, 5) is 19.9. The van der Waals surface area contributed by atoms with Crippen LogP contribution < -0.4 is 9.64 Å². The fraction of sp³-hybridized carbons (Fsp3) is 0.387. The van der Waals surface area contributed by atoms with Crippen LogP contribution >= 0.6 is 0 Å². The Balaban J connectivity index is 1.31. The Hall–Kier alpha value is -3.52. The number of halogens is 3. The summed E-state index contributed by atoms with van der Waals surface area (Å²) in [6, 6.07) is 23.4. The zero-order valence-corrected chi connectivity index (χ0v) is 22.1. The number of carbonyl (C=O) groups excluding carboxylic acids is 1. The second-order valence-corrected chi connectivity index (χ2v) is 10.4. The summed E-state index contributed by atoms with van der Waals surface area (Å²) in [5.41, 5.74) is 2.07. The maximum atomic E-state index is 13.5. The lowest BCUT2D eigenvalue weighted by Crippen LogP contribution is -2.48. The predicted molar refractivity (Wildman–Crippen MR) is 146 cm³/mol. The smallest absolute Gasteiger partial charge is 0.416 e. The van der Waals surface area contributed by atoms with E-state index in [0.717, 1.165) is 44.4 Å². The van der Waals surface area contributed by atoms with Crippen LogP contribution in [0, 0.1) is 5.92 Å². The van der Waals surface area contributed by atoms with Crippen molar-refractivity contribution in [3.05, 3.63) is 95.6 Å². The number of likely N-dealkylation sites (tertiary alicyclic amines) is 1. The molecule has 2 atom stereocenters. The first-order chi connectivity index (χ1) is 18.8. The monoisotopic (exact) mass is 537 g/mol. The molecular weight excluding hydrogens is 503 g/mol. The number of alkyl halides is 3.